The Labute approximate surface area is 175 Å². The van der Waals surface area contributed by atoms with Crippen molar-refractivity contribution in [2.75, 3.05) is 13.2 Å². The molecule has 1 amide bonds. The van der Waals surface area contributed by atoms with Crippen LogP contribution in [0.5, 0.6) is 0 Å². The van der Waals surface area contributed by atoms with Gasteiger partial charge in [-0.2, -0.15) is 5.10 Å². The summed E-state index contributed by atoms with van der Waals surface area (Å²) in [7, 11) is 0. The molecule has 0 spiro atoms. The summed E-state index contributed by atoms with van der Waals surface area (Å²) in [6, 6.07) is 15.5. The van der Waals surface area contributed by atoms with Crippen LogP contribution in [-0.4, -0.2) is 34.8 Å². The number of rotatable bonds is 7. The van der Waals surface area contributed by atoms with Gasteiger partial charge in [-0.3, -0.25) is 4.79 Å². The van der Waals surface area contributed by atoms with Crippen LogP contribution in [0.1, 0.15) is 20.2 Å². The SMILES string of the molecule is Cc1nn(-c2ccccc2)c2sc(C(=O)OCC(=O)NCCc3cccs3)cc12. The van der Waals surface area contributed by atoms with Crippen molar-refractivity contribution < 1.29 is 14.3 Å². The Kier molecular flexibility index (Phi) is 5.73. The van der Waals surface area contributed by atoms with Gasteiger partial charge in [0.1, 0.15) is 9.71 Å². The molecule has 6 nitrogen and oxygen atoms in total. The molecule has 0 aliphatic heterocycles. The summed E-state index contributed by atoms with van der Waals surface area (Å²) in [5, 5.41) is 10.2. The van der Waals surface area contributed by atoms with E-state index >= 15 is 0 Å². The third-order valence-corrected chi connectivity index (χ3v) is 6.38. The van der Waals surface area contributed by atoms with E-state index in [0.717, 1.165) is 28.0 Å². The van der Waals surface area contributed by atoms with Crippen molar-refractivity contribution in [2.24, 2.45) is 0 Å². The van der Waals surface area contributed by atoms with E-state index in [9.17, 15) is 9.59 Å². The number of thiophene rings is 2. The van der Waals surface area contributed by atoms with E-state index in [-0.39, 0.29) is 12.5 Å². The van der Waals surface area contributed by atoms with Gasteiger partial charge >= 0.3 is 5.97 Å². The smallest absolute Gasteiger partial charge is 0.348 e. The highest BCUT2D eigenvalue weighted by molar-refractivity contribution is 7.20. The van der Waals surface area contributed by atoms with Gasteiger partial charge in [0.15, 0.2) is 6.61 Å². The Morgan fingerprint density at radius 3 is 2.76 bits per heavy atom. The number of esters is 1. The lowest BCUT2D eigenvalue weighted by Gasteiger charge is -2.05. The Balaban J connectivity index is 1.38. The van der Waals surface area contributed by atoms with Crippen LogP contribution in [0.4, 0.5) is 0 Å². The summed E-state index contributed by atoms with van der Waals surface area (Å²) in [6.45, 7) is 2.14. The fraction of sp³-hybridized carbons (Fsp3) is 0.190. The van der Waals surface area contributed by atoms with E-state index in [0.29, 0.717) is 11.4 Å². The van der Waals surface area contributed by atoms with Crippen molar-refractivity contribution >= 4 is 44.8 Å². The van der Waals surface area contributed by atoms with Crippen LogP contribution < -0.4 is 5.32 Å². The van der Waals surface area contributed by atoms with Crippen LogP contribution >= 0.6 is 22.7 Å². The van der Waals surface area contributed by atoms with Crippen LogP contribution in [0, 0.1) is 6.92 Å². The zero-order valence-corrected chi connectivity index (χ0v) is 17.4. The zero-order valence-electron chi connectivity index (χ0n) is 15.8. The highest BCUT2D eigenvalue weighted by Crippen LogP contribution is 2.30. The molecule has 0 aliphatic rings. The van der Waals surface area contributed by atoms with Gasteiger partial charge in [0, 0.05) is 16.8 Å². The van der Waals surface area contributed by atoms with Crippen molar-refractivity contribution in [1.82, 2.24) is 15.1 Å². The predicted octanol–water partition coefficient (Wildman–Crippen LogP) is 3.97. The lowest BCUT2D eigenvalue weighted by Crippen LogP contribution is -2.30. The minimum atomic E-state index is -0.501. The fourth-order valence-electron chi connectivity index (χ4n) is 2.93. The van der Waals surface area contributed by atoms with E-state index < -0.39 is 5.97 Å². The number of ether oxygens (including phenoxy) is 1. The van der Waals surface area contributed by atoms with Gasteiger partial charge in [-0.1, -0.05) is 24.3 Å². The van der Waals surface area contributed by atoms with E-state index in [1.807, 2.05) is 59.5 Å². The van der Waals surface area contributed by atoms with Crippen molar-refractivity contribution in [3.63, 3.8) is 0 Å². The van der Waals surface area contributed by atoms with Gasteiger partial charge in [-0.25, -0.2) is 9.48 Å². The molecular weight excluding hydrogens is 406 g/mol. The number of fused-ring (bicyclic) bond motifs is 1. The monoisotopic (exact) mass is 425 g/mol. The predicted molar refractivity (Wildman–Crippen MR) is 115 cm³/mol. The molecule has 0 saturated carbocycles. The van der Waals surface area contributed by atoms with Gasteiger partial charge in [0.05, 0.1) is 11.4 Å². The first-order valence-electron chi connectivity index (χ1n) is 9.12. The molecule has 29 heavy (non-hydrogen) atoms. The van der Waals surface area contributed by atoms with Crippen molar-refractivity contribution in [3.8, 4) is 5.69 Å². The lowest BCUT2D eigenvalue weighted by molar-refractivity contribution is -0.124. The van der Waals surface area contributed by atoms with Crippen LogP contribution in [0.15, 0.2) is 53.9 Å². The van der Waals surface area contributed by atoms with Gasteiger partial charge in [0.25, 0.3) is 5.91 Å². The Hall–Kier alpha value is -2.97. The second-order valence-corrected chi connectivity index (χ2v) is 8.48. The van der Waals surface area contributed by atoms with Crippen molar-refractivity contribution in [3.05, 3.63) is 69.4 Å². The maximum Gasteiger partial charge on any atom is 0.348 e. The third-order valence-electron chi connectivity index (χ3n) is 4.35. The number of carbonyl (C=O) groups excluding carboxylic acids is 2. The second-order valence-electron chi connectivity index (χ2n) is 6.42. The van der Waals surface area contributed by atoms with Crippen LogP contribution in [0.2, 0.25) is 0 Å². The minimum Gasteiger partial charge on any atom is -0.451 e. The molecule has 4 rings (SSSR count). The number of benzene rings is 1. The quantitative estimate of drug-likeness (QED) is 0.455. The third kappa shape index (κ3) is 4.38. The molecular formula is C21H19N3O3S2. The topological polar surface area (TPSA) is 73.2 Å². The summed E-state index contributed by atoms with van der Waals surface area (Å²) in [5.41, 5.74) is 1.77. The van der Waals surface area contributed by atoms with E-state index in [4.69, 9.17) is 4.74 Å². The Bertz CT molecular complexity index is 1130. The normalized spacial score (nSPS) is 10.9. The standard InChI is InChI=1S/C21H19N3O3S2/c1-14-17-12-18(29-20(17)24(23-14)15-6-3-2-4-7-15)21(26)27-13-19(25)22-10-9-16-8-5-11-28-16/h2-8,11-12H,9-10,13H2,1H3,(H,22,25). The van der Waals surface area contributed by atoms with E-state index in [2.05, 4.69) is 10.4 Å². The molecule has 1 aromatic carbocycles. The fourth-order valence-corrected chi connectivity index (χ4v) is 4.71. The Morgan fingerprint density at radius 2 is 2.00 bits per heavy atom. The molecule has 4 aromatic rings. The molecule has 0 atom stereocenters. The number of carbonyl (C=O) groups is 2. The maximum atomic E-state index is 12.4. The highest BCUT2D eigenvalue weighted by atomic mass is 32.1. The number of nitrogens with one attached hydrogen (secondary N) is 1. The summed E-state index contributed by atoms with van der Waals surface area (Å²) >= 11 is 2.96. The number of aryl methyl sites for hydroxylation is 1. The molecule has 0 saturated heterocycles. The molecule has 0 unspecified atom stereocenters. The van der Waals surface area contributed by atoms with Crippen LogP contribution in [-0.2, 0) is 16.0 Å². The largest absolute Gasteiger partial charge is 0.451 e. The van der Waals surface area contributed by atoms with Crippen LogP contribution in [0.25, 0.3) is 15.9 Å². The number of para-hydroxylation sites is 1. The molecule has 0 radical (unpaired) electrons. The second kappa shape index (κ2) is 8.59. The number of amides is 1. The van der Waals surface area contributed by atoms with Gasteiger partial charge in [-0.15, -0.1) is 22.7 Å². The van der Waals surface area contributed by atoms with Crippen molar-refractivity contribution in [1.29, 1.82) is 0 Å². The number of aromatic nitrogens is 2. The first-order chi connectivity index (χ1) is 14.1. The number of hydrogen-bond acceptors (Lipinski definition) is 6. The summed E-state index contributed by atoms with van der Waals surface area (Å²) in [4.78, 5) is 26.9. The molecule has 148 valence electrons. The molecule has 3 heterocycles. The Morgan fingerprint density at radius 1 is 1.17 bits per heavy atom. The number of hydrogen-bond donors (Lipinski definition) is 1. The molecule has 1 N–H and O–H groups in total. The van der Waals surface area contributed by atoms with Gasteiger partial charge in [0.2, 0.25) is 0 Å². The molecule has 8 heteroatoms. The van der Waals surface area contributed by atoms with Crippen LogP contribution in [0.3, 0.4) is 0 Å². The lowest BCUT2D eigenvalue weighted by atomic mass is 10.3. The first kappa shape index (κ1) is 19.4. The summed E-state index contributed by atoms with van der Waals surface area (Å²) < 4.78 is 7.02. The summed E-state index contributed by atoms with van der Waals surface area (Å²) in [6.07, 6.45) is 0.767. The zero-order chi connectivity index (χ0) is 20.2. The molecule has 0 bridgehead atoms. The van der Waals surface area contributed by atoms with Crippen molar-refractivity contribution in [2.45, 2.75) is 13.3 Å². The average Bonchev–Trinajstić information content (AvgIpc) is 3.45. The minimum absolute atomic E-state index is 0.290. The number of nitrogens with zero attached hydrogens (tertiary/aromatic N) is 2. The molecule has 0 aliphatic carbocycles. The summed E-state index contributed by atoms with van der Waals surface area (Å²) in [5.74, 6) is -0.804. The maximum absolute atomic E-state index is 12.4. The van der Waals surface area contributed by atoms with E-state index in [1.165, 1.54) is 16.2 Å². The van der Waals surface area contributed by atoms with E-state index in [1.54, 1.807) is 17.4 Å². The molecule has 3 aromatic heterocycles. The van der Waals surface area contributed by atoms with Gasteiger partial charge in [-0.05, 0) is 43.0 Å². The average molecular weight is 426 g/mol. The van der Waals surface area contributed by atoms with Gasteiger partial charge < -0.3 is 10.1 Å². The first-order valence-corrected chi connectivity index (χ1v) is 10.8. The highest BCUT2D eigenvalue weighted by Gasteiger charge is 2.18. The molecule has 0 fully saturated rings.